The van der Waals surface area contributed by atoms with Gasteiger partial charge in [-0.15, -0.1) is 0 Å². The second-order valence-electron chi connectivity index (χ2n) is 3.93. The number of aromatic amines is 1. The highest BCUT2D eigenvalue weighted by molar-refractivity contribution is 5.77. The third-order valence-corrected chi connectivity index (χ3v) is 2.66. The van der Waals surface area contributed by atoms with Gasteiger partial charge in [0.25, 0.3) is 5.56 Å². The summed E-state index contributed by atoms with van der Waals surface area (Å²) in [5.74, 6) is 0. The summed E-state index contributed by atoms with van der Waals surface area (Å²) in [7, 11) is 1.53. The molecule has 2 rings (SSSR count). The molecule has 0 aliphatic heterocycles. The molecule has 0 atom stereocenters. The number of methoxy groups -OCH3 is 1. The standard InChI is InChI=1S/C12H14N2O3/c1-8-3-4-10-9(7-8)11(15)14(5-6-17-2)12(16)13-10/h3-4,7H,5-6H2,1-2H3,(H,13,16). The van der Waals surface area contributed by atoms with Gasteiger partial charge in [0.1, 0.15) is 0 Å². The van der Waals surface area contributed by atoms with Gasteiger partial charge < -0.3 is 9.72 Å². The average molecular weight is 234 g/mol. The molecule has 90 valence electrons. The van der Waals surface area contributed by atoms with Crippen LogP contribution in [-0.4, -0.2) is 23.3 Å². The van der Waals surface area contributed by atoms with Crippen LogP contribution in [0.2, 0.25) is 0 Å². The van der Waals surface area contributed by atoms with Crippen molar-refractivity contribution >= 4 is 10.9 Å². The van der Waals surface area contributed by atoms with Crippen LogP contribution in [0.5, 0.6) is 0 Å². The summed E-state index contributed by atoms with van der Waals surface area (Å²) < 4.78 is 6.04. The minimum atomic E-state index is -0.400. The van der Waals surface area contributed by atoms with Crippen LogP contribution in [0.4, 0.5) is 0 Å². The number of nitrogens with zero attached hydrogens (tertiary/aromatic N) is 1. The van der Waals surface area contributed by atoms with Crippen LogP contribution in [-0.2, 0) is 11.3 Å². The van der Waals surface area contributed by atoms with Gasteiger partial charge in [0.05, 0.1) is 24.1 Å². The minimum absolute atomic E-state index is 0.258. The molecular formula is C12H14N2O3. The molecule has 1 heterocycles. The van der Waals surface area contributed by atoms with Crippen molar-refractivity contribution in [3.05, 3.63) is 44.6 Å². The Kier molecular flexibility index (Phi) is 3.10. The zero-order chi connectivity index (χ0) is 12.4. The molecule has 0 amide bonds. The van der Waals surface area contributed by atoms with E-state index in [2.05, 4.69) is 4.98 Å². The highest BCUT2D eigenvalue weighted by Gasteiger charge is 2.06. The van der Waals surface area contributed by atoms with Gasteiger partial charge in [0.15, 0.2) is 0 Å². The maximum Gasteiger partial charge on any atom is 0.328 e. The number of fused-ring (bicyclic) bond motifs is 1. The van der Waals surface area contributed by atoms with Crippen molar-refractivity contribution in [2.45, 2.75) is 13.5 Å². The first-order valence-corrected chi connectivity index (χ1v) is 5.36. The fourth-order valence-corrected chi connectivity index (χ4v) is 1.75. The molecule has 0 fully saturated rings. The van der Waals surface area contributed by atoms with Gasteiger partial charge in [0, 0.05) is 7.11 Å². The van der Waals surface area contributed by atoms with E-state index in [1.807, 2.05) is 13.0 Å². The van der Waals surface area contributed by atoms with Crippen molar-refractivity contribution < 1.29 is 4.74 Å². The van der Waals surface area contributed by atoms with Gasteiger partial charge in [0.2, 0.25) is 0 Å². The second kappa shape index (κ2) is 4.55. The molecule has 1 aromatic heterocycles. The predicted octanol–water partition coefficient (Wildman–Crippen LogP) is 0.645. The molecule has 0 bridgehead atoms. The number of rotatable bonds is 3. The van der Waals surface area contributed by atoms with Crippen molar-refractivity contribution in [3.63, 3.8) is 0 Å². The first-order chi connectivity index (χ1) is 8.13. The van der Waals surface area contributed by atoms with Crippen LogP contribution < -0.4 is 11.2 Å². The fourth-order valence-electron chi connectivity index (χ4n) is 1.75. The number of aryl methyl sites for hydroxylation is 1. The molecule has 2 aromatic rings. The van der Waals surface area contributed by atoms with Crippen LogP contribution in [0.3, 0.4) is 0 Å². The molecule has 0 radical (unpaired) electrons. The molecule has 0 spiro atoms. The van der Waals surface area contributed by atoms with Crippen LogP contribution >= 0.6 is 0 Å². The Hall–Kier alpha value is -1.88. The Morgan fingerprint density at radius 3 is 2.82 bits per heavy atom. The molecule has 0 saturated heterocycles. The number of hydrogen-bond donors (Lipinski definition) is 1. The molecule has 0 aliphatic carbocycles. The van der Waals surface area contributed by atoms with Crippen LogP contribution in [0.25, 0.3) is 10.9 Å². The number of benzene rings is 1. The van der Waals surface area contributed by atoms with E-state index in [1.54, 1.807) is 12.1 Å². The van der Waals surface area contributed by atoms with E-state index in [-0.39, 0.29) is 12.1 Å². The summed E-state index contributed by atoms with van der Waals surface area (Å²) in [6.45, 7) is 2.50. The summed E-state index contributed by atoms with van der Waals surface area (Å²) in [5.41, 5.74) is 0.882. The van der Waals surface area contributed by atoms with Crippen LogP contribution in [0, 0.1) is 6.92 Å². The molecule has 1 aromatic carbocycles. The Balaban J connectivity index is 2.69. The summed E-state index contributed by atoms with van der Waals surface area (Å²) in [4.78, 5) is 26.5. The molecular weight excluding hydrogens is 220 g/mol. The first kappa shape index (κ1) is 11.6. The van der Waals surface area contributed by atoms with Crippen LogP contribution in [0.15, 0.2) is 27.8 Å². The summed E-state index contributed by atoms with van der Waals surface area (Å²) in [5, 5.41) is 0.528. The van der Waals surface area contributed by atoms with Gasteiger partial charge in [-0.1, -0.05) is 11.6 Å². The Bertz CT molecular complexity index is 655. The minimum Gasteiger partial charge on any atom is -0.383 e. The Morgan fingerprint density at radius 2 is 2.12 bits per heavy atom. The van der Waals surface area contributed by atoms with E-state index in [0.29, 0.717) is 17.5 Å². The van der Waals surface area contributed by atoms with Crippen LogP contribution in [0.1, 0.15) is 5.56 Å². The smallest absolute Gasteiger partial charge is 0.328 e. The van der Waals surface area contributed by atoms with Crippen molar-refractivity contribution in [1.82, 2.24) is 9.55 Å². The maximum absolute atomic E-state index is 12.1. The Labute approximate surface area is 97.7 Å². The van der Waals surface area contributed by atoms with Gasteiger partial charge in [-0.2, -0.15) is 0 Å². The van der Waals surface area contributed by atoms with E-state index in [1.165, 1.54) is 7.11 Å². The van der Waals surface area contributed by atoms with Gasteiger partial charge in [-0.05, 0) is 19.1 Å². The zero-order valence-corrected chi connectivity index (χ0v) is 9.82. The highest BCUT2D eigenvalue weighted by Crippen LogP contribution is 2.07. The number of nitrogens with one attached hydrogen (secondary N) is 1. The SMILES string of the molecule is COCCn1c(=O)[nH]c2ccc(C)cc2c1=O. The largest absolute Gasteiger partial charge is 0.383 e. The second-order valence-corrected chi connectivity index (χ2v) is 3.93. The van der Waals surface area contributed by atoms with Crippen molar-refractivity contribution in [2.75, 3.05) is 13.7 Å². The normalized spacial score (nSPS) is 10.9. The van der Waals surface area contributed by atoms with E-state index in [9.17, 15) is 9.59 Å². The number of aromatic nitrogens is 2. The van der Waals surface area contributed by atoms with E-state index in [0.717, 1.165) is 10.1 Å². The lowest BCUT2D eigenvalue weighted by molar-refractivity contribution is 0.185. The monoisotopic (exact) mass is 234 g/mol. The molecule has 5 nitrogen and oxygen atoms in total. The molecule has 1 N–H and O–H groups in total. The number of hydrogen-bond acceptors (Lipinski definition) is 3. The molecule has 0 saturated carbocycles. The quantitative estimate of drug-likeness (QED) is 0.847. The average Bonchev–Trinajstić information content (AvgIpc) is 2.30. The van der Waals surface area contributed by atoms with E-state index >= 15 is 0 Å². The van der Waals surface area contributed by atoms with E-state index in [4.69, 9.17) is 4.74 Å². The Morgan fingerprint density at radius 1 is 1.35 bits per heavy atom. The lowest BCUT2D eigenvalue weighted by Crippen LogP contribution is -2.36. The van der Waals surface area contributed by atoms with Gasteiger partial charge >= 0.3 is 5.69 Å². The maximum atomic E-state index is 12.1. The zero-order valence-electron chi connectivity index (χ0n) is 9.82. The van der Waals surface area contributed by atoms with Gasteiger partial charge in [-0.25, -0.2) is 4.79 Å². The number of H-pyrrole nitrogens is 1. The summed E-state index contributed by atoms with van der Waals surface area (Å²) in [6, 6.07) is 5.38. The fraction of sp³-hybridized carbons (Fsp3) is 0.333. The molecule has 17 heavy (non-hydrogen) atoms. The lowest BCUT2D eigenvalue weighted by Gasteiger charge is -2.06. The summed E-state index contributed by atoms with van der Waals surface area (Å²) >= 11 is 0. The number of ether oxygens (including phenoxy) is 1. The van der Waals surface area contributed by atoms with Crippen molar-refractivity contribution in [1.29, 1.82) is 0 Å². The highest BCUT2D eigenvalue weighted by atomic mass is 16.5. The third-order valence-electron chi connectivity index (χ3n) is 2.66. The lowest BCUT2D eigenvalue weighted by atomic mass is 10.2. The topological polar surface area (TPSA) is 64.1 Å². The third kappa shape index (κ3) is 2.14. The molecule has 0 aliphatic rings. The predicted molar refractivity (Wildman–Crippen MR) is 65.4 cm³/mol. The summed E-state index contributed by atoms with van der Waals surface area (Å²) in [6.07, 6.45) is 0. The van der Waals surface area contributed by atoms with Gasteiger partial charge in [-0.3, -0.25) is 9.36 Å². The van der Waals surface area contributed by atoms with E-state index < -0.39 is 5.69 Å². The molecule has 0 unspecified atom stereocenters. The first-order valence-electron chi connectivity index (χ1n) is 5.36. The van der Waals surface area contributed by atoms with Crippen molar-refractivity contribution in [3.8, 4) is 0 Å². The molecule has 5 heteroatoms. The van der Waals surface area contributed by atoms with Crippen molar-refractivity contribution in [2.24, 2.45) is 0 Å².